The van der Waals surface area contributed by atoms with Crippen molar-refractivity contribution in [2.75, 3.05) is 25.6 Å². The molecule has 0 saturated heterocycles. The minimum absolute atomic E-state index is 0.189. The molecule has 42 heavy (non-hydrogen) atoms. The molecule has 214 valence electrons. The molecule has 6 heteroatoms. The second-order valence-corrected chi connectivity index (χ2v) is 10.7. The lowest BCUT2D eigenvalue weighted by Gasteiger charge is -2.37. The Kier molecular flexibility index (Phi) is 8.61. The van der Waals surface area contributed by atoms with Crippen molar-refractivity contribution in [3.8, 4) is 17.6 Å². The summed E-state index contributed by atoms with van der Waals surface area (Å²) in [6.07, 6.45) is 3.23. The number of nitrogens with zero attached hydrogens (tertiary/aromatic N) is 2. The fourth-order valence-corrected chi connectivity index (χ4v) is 5.91. The third-order valence-corrected chi connectivity index (χ3v) is 8.34. The van der Waals surface area contributed by atoms with Gasteiger partial charge in [-0.25, -0.2) is 10.2 Å². The largest absolute Gasteiger partial charge is 0.465 e. The molecule has 5 rings (SSSR count). The zero-order valence-corrected chi connectivity index (χ0v) is 24.8. The van der Waals surface area contributed by atoms with Gasteiger partial charge in [0.2, 0.25) is 0 Å². The topological polar surface area (TPSA) is 71.3 Å². The lowest BCUT2D eigenvalue weighted by Crippen LogP contribution is -2.53. The first-order valence-corrected chi connectivity index (χ1v) is 14.7. The zero-order chi connectivity index (χ0) is 29.7. The Hall–Kier alpha value is -4.60. The van der Waals surface area contributed by atoms with E-state index in [4.69, 9.17) is 9.47 Å². The van der Waals surface area contributed by atoms with E-state index < -0.39 is 0 Å². The Bertz CT molecular complexity index is 1620. The number of rotatable bonds is 10. The number of fused-ring (bicyclic) bond motifs is 2. The van der Waals surface area contributed by atoms with Gasteiger partial charge in [-0.05, 0) is 80.3 Å². The number of quaternary nitrogens is 1. The highest BCUT2D eigenvalue weighted by atomic mass is 16.5. The van der Waals surface area contributed by atoms with Gasteiger partial charge in [0.1, 0.15) is 24.6 Å². The van der Waals surface area contributed by atoms with E-state index >= 15 is 0 Å². The van der Waals surface area contributed by atoms with E-state index in [0.29, 0.717) is 15.7 Å². The molecule has 0 spiro atoms. The van der Waals surface area contributed by atoms with Gasteiger partial charge in [-0.2, -0.15) is 9.85 Å². The molecule has 1 heterocycles. The SMILES string of the molecule is CCCCc1ccc2c(c1)C(c1ccccc1C(=O)OC)c1ccc([N+](CC)(CC)Nc3ccc(C#N)cc3)cc1O2. The van der Waals surface area contributed by atoms with Crippen LogP contribution in [0.2, 0.25) is 0 Å². The number of hydrogen-bond acceptors (Lipinski definition) is 5. The maximum atomic E-state index is 12.9. The van der Waals surface area contributed by atoms with Crippen molar-refractivity contribution in [1.82, 2.24) is 4.59 Å². The van der Waals surface area contributed by atoms with Crippen LogP contribution < -0.4 is 14.8 Å². The maximum absolute atomic E-state index is 12.9. The van der Waals surface area contributed by atoms with Crippen molar-refractivity contribution in [3.05, 3.63) is 118 Å². The minimum Gasteiger partial charge on any atom is -0.465 e. The number of hydrogen-bond donors (Lipinski definition) is 1. The van der Waals surface area contributed by atoms with Crippen LogP contribution in [-0.2, 0) is 11.2 Å². The molecular weight excluding hydrogens is 522 g/mol. The summed E-state index contributed by atoms with van der Waals surface area (Å²) in [5, 5.41) is 9.22. The van der Waals surface area contributed by atoms with Gasteiger partial charge in [0.05, 0.1) is 30.0 Å². The number of methoxy groups -OCH3 is 1. The van der Waals surface area contributed by atoms with Crippen LogP contribution in [-0.4, -0.2) is 26.2 Å². The Balaban J connectivity index is 1.63. The number of nitrogens with one attached hydrogen (secondary N) is 1. The first-order chi connectivity index (χ1) is 20.5. The first kappa shape index (κ1) is 28.9. The molecule has 0 radical (unpaired) electrons. The van der Waals surface area contributed by atoms with Crippen LogP contribution in [0.3, 0.4) is 0 Å². The highest BCUT2D eigenvalue weighted by Gasteiger charge is 2.35. The number of anilines is 1. The summed E-state index contributed by atoms with van der Waals surface area (Å²) in [6, 6.07) is 30.3. The lowest BCUT2D eigenvalue weighted by molar-refractivity contribution is 0.0599. The van der Waals surface area contributed by atoms with Gasteiger partial charge in [-0.3, -0.25) is 0 Å². The minimum atomic E-state index is -0.349. The van der Waals surface area contributed by atoms with Gasteiger partial charge < -0.3 is 9.47 Å². The number of carbonyl (C=O) groups is 1. The van der Waals surface area contributed by atoms with E-state index in [-0.39, 0.29) is 11.9 Å². The van der Waals surface area contributed by atoms with E-state index in [1.165, 1.54) is 12.7 Å². The Morgan fingerprint density at radius 2 is 1.67 bits per heavy atom. The molecule has 0 aromatic heterocycles. The number of benzene rings is 4. The van der Waals surface area contributed by atoms with Crippen molar-refractivity contribution >= 4 is 17.3 Å². The van der Waals surface area contributed by atoms with E-state index in [1.54, 1.807) is 0 Å². The molecule has 0 aliphatic carbocycles. The second-order valence-electron chi connectivity index (χ2n) is 10.7. The van der Waals surface area contributed by atoms with Crippen LogP contribution >= 0.6 is 0 Å². The van der Waals surface area contributed by atoms with Gasteiger partial charge in [-0.1, -0.05) is 43.7 Å². The molecule has 6 nitrogen and oxygen atoms in total. The summed E-state index contributed by atoms with van der Waals surface area (Å²) in [5.74, 6) is 1.04. The highest BCUT2D eigenvalue weighted by molar-refractivity contribution is 5.92. The quantitative estimate of drug-likeness (QED) is 0.106. The van der Waals surface area contributed by atoms with E-state index in [0.717, 1.165) is 71.9 Å². The average molecular weight is 561 g/mol. The van der Waals surface area contributed by atoms with Crippen LogP contribution in [0, 0.1) is 11.3 Å². The number of aryl methyl sites for hydroxylation is 1. The second kappa shape index (κ2) is 12.5. The summed E-state index contributed by atoms with van der Waals surface area (Å²) in [5.41, 5.74) is 11.1. The fourth-order valence-electron chi connectivity index (χ4n) is 5.91. The van der Waals surface area contributed by atoms with E-state index in [2.05, 4.69) is 68.7 Å². The normalized spacial score (nSPS) is 13.7. The molecule has 1 unspecified atom stereocenters. The van der Waals surface area contributed by atoms with Gasteiger partial charge in [-0.15, -0.1) is 0 Å². The Labute approximate surface area is 248 Å². The molecule has 1 atom stereocenters. The molecule has 1 aliphatic heterocycles. The molecule has 0 saturated carbocycles. The molecule has 0 amide bonds. The number of nitriles is 1. The first-order valence-electron chi connectivity index (χ1n) is 14.7. The zero-order valence-electron chi connectivity index (χ0n) is 24.8. The van der Waals surface area contributed by atoms with Gasteiger partial charge in [0, 0.05) is 29.2 Å². The van der Waals surface area contributed by atoms with Gasteiger partial charge >= 0.3 is 5.97 Å². The molecular formula is C36H38N3O3+. The number of carbonyl (C=O) groups excluding carboxylic acids is 1. The van der Waals surface area contributed by atoms with Gasteiger partial charge in [0.25, 0.3) is 0 Å². The number of esters is 1. The summed E-state index contributed by atoms with van der Waals surface area (Å²) in [7, 11) is 1.42. The van der Waals surface area contributed by atoms with Crippen molar-refractivity contribution < 1.29 is 14.3 Å². The summed E-state index contributed by atoms with van der Waals surface area (Å²) >= 11 is 0. The summed E-state index contributed by atoms with van der Waals surface area (Å²) in [6.45, 7) is 8.10. The van der Waals surface area contributed by atoms with Crippen molar-refractivity contribution in [2.45, 2.75) is 46.0 Å². The predicted octanol–water partition coefficient (Wildman–Crippen LogP) is 8.35. The number of ether oxygens (including phenoxy) is 2. The van der Waals surface area contributed by atoms with Crippen LogP contribution in [0.25, 0.3) is 0 Å². The third kappa shape index (κ3) is 5.48. The van der Waals surface area contributed by atoms with Crippen molar-refractivity contribution in [2.24, 2.45) is 0 Å². The van der Waals surface area contributed by atoms with Crippen LogP contribution in [0.4, 0.5) is 11.4 Å². The summed E-state index contributed by atoms with van der Waals surface area (Å²) < 4.78 is 12.3. The van der Waals surface area contributed by atoms with E-state index in [9.17, 15) is 10.1 Å². The van der Waals surface area contributed by atoms with Crippen molar-refractivity contribution in [1.29, 1.82) is 5.26 Å². The molecule has 1 N–H and O–H groups in total. The van der Waals surface area contributed by atoms with Crippen LogP contribution in [0.15, 0.2) is 84.9 Å². The van der Waals surface area contributed by atoms with Crippen LogP contribution in [0.1, 0.15) is 77.7 Å². The lowest BCUT2D eigenvalue weighted by atomic mass is 9.79. The Morgan fingerprint density at radius 3 is 2.36 bits per heavy atom. The molecule has 4 aromatic carbocycles. The standard InChI is InChI=1S/C36H38N3O3/c1-5-8-11-25-16-21-33-32(22-25)35(29-12-9-10-13-30(29)36(40)41-4)31-20-19-28(23-34(31)42-33)39(6-2,7-3)38-27-17-14-26(24-37)15-18-27/h9-10,12-23,35,38H,5-8,11H2,1-4H3/q+1. The Morgan fingerprint density at radius 1 is 0.905 bits per heavy atom. The van der Waals surface area contributed by atoms with Gasteiger partial charge in [0.15, 0.2) is 5.69 Å². The van der Waals surface area contributed by atoms with Crippen LogP contribution in [0.5, 0.6) is 11.5 Å². The number of unbranched alkanes of at least 4 members (excludes halogenated alkanes) is 1. The smallest absolute Gasteiger partial charge is 0.338 e. The monoisotopic (exact) mass is 560 g/mol. The third-order valence-electron chi connectivity index (χ3n) is 8.34. The fraction of sp³-hybridized carbons (Fsp3) is 0.278. The summed E-state index contributed by atoms with van der Waals surface area (Å²) in [4.78, 5) is 12.9. The average Bonchev–Trinajstić information content (AvgIpc) is 3.04. The highest BCUT2D eigenvalue weighted by Crippen LogP contribution is 2.50. The maximum Gasteiger partial charge on any atom is 0.338 e. The van der Waals surface area contributed by atoms with E-state index in [1.807, 2.05) is 48.5 Å². The van der Waals surface area contributed by atoms with Crippen molar-refractivity contribution in [3.63, 3.8) is 0 Å². The molecule has 0 fully saturated rings. The molecule has 1 aliphatic rings. The molecule has 4 aromatic rings. The predicted molar refractivity (Wildman–Crippen MR) is 168 cm³/mol. The molecule has 0 bridgehead atoms.